The van der Waals surface area contributed by atoms with Crippen molar-refractivity contribution in [1.82, 2.24) is 9.78 Å². The fourth-order valence-corrected chi connectivity index (χ4v) is 5.49. The summed E-state index contributed by atoms with van der Waals surface area (Å²) in [6.45, 7) is 4.13. The first-order valence-corrected chi connectivity index (χ1v) is 13.2. The van der Waals surface area contributed by atoms with E-state index in [2.05, 4.69) is 54.4 Å². The summed E-state index contributed by atoms with van der Waals surface area (Å²) < 4.78 is 1.93. The van der Waals surface area contributed by atoms with Crippen molar-refractivity contribution in [2.24, 2.45) is 9.98 Å². The summed E-state index contributed by atoms with van der Waals surface area (Å²) in [5, 5.41) is 9.25. The van der Waals surface area contributed by atoms with E-state index in [1.807, 2.05) is 77.5 Å². The molecular weight excluding hydrogens is 504 g/mol. The Hall–Kier alpha value is -4.68. The number of hydrogen-bond donors (Lipinski definition) is 1. The summed E-state index contributed by atoms with van der Waals surface area (Å²) in [6.07, 6.45) is 0. The Bertz CT molecular complexity index is 1770. The summed E-state index contributed by atoms with van der Waals surface area (Å²) in [6, 6.07) is 34.5. The van der Waals surface area contributed by atoms with Crippen LogP contribution in [0.25, 0.3) is 5.69 Å². The van der Waals surface area contributed by atoms with Crippen LogP contribution in [-0.4, -0.2) is 21.5 Å². The highest BCUT2D eigenvalue weighted by molar-refractivity contribution is 6.51. The molecule has 3 heterocycles. The second-order valence-electron chi connectivity index (χ2n) is 9.77. The first-order valence-electron chi connectivity index (χ1n) is 12.9. The molecule has 1 atom stereocenters. The van der Waals surface area contributed by atoms with Gasteiger partial charge in [0.25, 0.3) is 0 Å². The molecule has 6 nitrogen and oxygen atoms in total. The average Bonchev–Trinajstić information content (AvgIpc) is 3.29. The van der Waals surface area contributed by atoms with Gasteiger partial charge in [0.1, 0.15) is 0 Å². The van der Waals surface area contributed by atoms with Crippen molar-refractivity contribution < 1.29 is 0 Å². The third kappa shape index (κ3) is 4.01. The predicted molar refractivity (Wildman–Crippen MR) is 160 cm³/mol. The van der Waals surface area contributed by atoms with Crippen molar-refractivity contribution in [2.45, 2.75) is 19.9 Å². The van der Waals surface area contributed by atoms with Gasteiger partial charge in [-0.3, -0.25) is 0 Å². The van der Waals surface area contributed by atoms with Crippen LogP contribution in [0.15, 0.2) is 113 Å². The number of rotatable bonds is 3. The largest absolute Gasteiger partial charge is 0.337 e. The molecule has 0 saturated carbocycles. The number of aliphatic imine (C=N–C) groups is 2. The van der Waals surface area contributed by atoms with Crippen LogP contribution in [0.4, 0.5) is 22.9 Å². The van der Waals surface area contributed by atoms with Crippen molar-refractivity contribution in [3.05, 3.63) is 131 Å². The molecule has 1 aromatic heterocycles. The number of aryl methyl sites for hydroxylation is 2. The topological polar surface area (TPSA) is 57.8 Å². The number of amidine groups is 2. The fourth-order valence-electron chi connectivity index (χ4n) is 5.37. The van der Waals surface area contributed by atoms with Crippen molar-refractivity contribution in [3.63, 3.8) is 0 Å². The molecule has 190 valence electrons. The van der Waals surface area contributed by atoms with Gasteiger partial charge in [-0.15, -0.1) is 0 Å². The van der Waals surface area contributed by atoms with Crippen molar-refractivity contribution in [3.8, 4) is 5.69 Å². The molecule has 0 fully saturated rings. The Morgan fingerprint density at radius 3 is 2.36 bits per heavy atom. The maximum Gasteiger partial charge on any atom is 0.179 e. The van der Waals surface area contributed by atoms with E-state index in [4.69, 9.17) is 26.7 Å². The number of hydrogen-bond acceptors (Lipinski definition) is 5. The summed E-state index contributed by atoms with van der Waals surface area (Å²) in [7, 11) is 0. The van der Waals surface area contributed by atoms with Crippen LogP contribution in [0.2, 0.25) is 5.02 Å². The SMILES string of the molecule is Cc1cccc(NC2=Nc3ccccc3N3C2=Nc2c(c(C)nn2-c2ccccc2)C3c2ccc(Cl)cc2)c1. The summed E-state index contributed by atoms with van der Waals surface area (Å²) in [5.41, 5.74) is 8.01. The van der Waals surface area contributed by atoms with E-state index in [1.165, 1.54) is 5.56 Å². The first kappa shape index (κ1) is 23.4. The number of para-hydroxylation sites is 3. The molecular formula is C32H25ClN6. The Balaban J connectivity index is 1.50. The van der Waals surface area contributed by atoms with Crippen LogP contribution in [0, 0.1) is 13.8 Å². The molecule has 2 aliphatic rings. The molecule has 1 N–H and O–H groups in total. The molecule has 7 rings (SSSR count). The van der Waals surface area contributed by atoms with E-state index in [-0.39, 0.29) is 6.04 Å². The van der Waals surface area contributed by atoms with E-state index in [1.54, 1.807) is 0 Å². The van der Waals surface area contributed by atoms with Gasteiger partial charge in [-0.25, -0.2) is 14.7 Å². The van der Waals surface area contributed by atoms with E-state index in [9.17, 15) is 0 Å². The second-order valence-corrected chi connectivity index (χ2v) is 10.2. The third-order valence-corrected chi connectivity index (χ3v) is 7.36. The van der Waals surface area contributed by atoms with Gasteiger partial charge in [-0.1, -0.05) is 66.2 Å². The lowest BCUT2D eigenvalue weighted by molar-refractivity contribution is 0.815. The quantitative estimate of drug-likeness (QED) is 0.258. The van der Waals surface area contributed by atoms with Gasteiger partial charge in [0.15, 0.2) is 17.5 Å². The number of halogens is 1. The van der Waals surface area contributed by atoms with Crippen LogP contribution < -0.4 is 10.2 Å². The third-order valence-electron chi connectivity index (χ3n) is 7.11. The molecule has 5 aromatic rings. The van der Waals surface area contributed by atoms with E-state index in [0.29, 0.717) is 10.9 Å². The van der Waals surface area contributed by atoms with Crippen molar-refractivity contribution in [2.75, 3.05) is 10.2 Å². The molecule has 0 bridgehead atoms. The minimum atomic E-state index is -0.187. The maximum absolute atomic E-state index is 6.33. The highest BCUT2D eigenvalue weighted by Gasteiger charge is 2.41. The summed E-state index contributed by atoms with van der Waals surface area (Å²) >= 11 is 6.33. The molecule has 39 heavy (non-hydrogen) atoms. The van der Waals surface area contributed by atoms with Crippen LogP contribution in [0.1, 0.15) is 28.4 Å². The zero-order chi connectivity index (χ0) is 26.5. The molecule has 0 saturated heterocycles. The zero-order valence-electron chi connectivity index (χ0n) is 21.5. The minimum Gasteiger partial charge on any atom is -0.337 e. The zero-order valence-corrected chi connectivity index (χ0v) is 22.3. The normalized spacial score (nSPS) is 15.6. The van der Waals surface area contributed by atoms with Gasteiger partial charge in [-0.05, 0) is 73.5 Å². The fraction of sp³-hybridized carbons (Fsp3) is 0.0938. The summed E-state index contributed by atoms with van der Waals surface area (Å²) in [5.74, 6) is 2.21. The second kappa shape index (κ2) is 9.26. The number of nitrogens with zero attached hydrogens (tertiary/aromatic N) is 5. The lowest BCUT2D eigenvalue weighted by atomic mass is 9.93. The molecule has 0 aliphatic carbocycles. The van der Waals surface area contributed by atoms with Gasteiger partial charge in [0.05, 0.1) is 28.8 Å². The van der Waals surface area contributed by atoms with Gasteiger partial charge >= 0.3 is 0 Å². The number of benzene rings is 4. The van der Waals surface area contributed by atoms with E-state index >= 15 is 0 Å². The number of aromatic nitrogens is 2. The molecule has 0 amide bonds. The van der Waals surface area contributed by atoms with Gasteiger partial charge < -0.3 is 10.2 Å². The van der Waals surface area contributed by atoms with E-state index in [0.717, 1.165) is 51.2 Å². The van der Waals surface area contributed by atoms with Gasteiger partial charge in [-0.2, -0.15) is 5.10 Å². The van der Waals surface area contributed by atoms with Crippen LogP contribution in [-0.2, 0) is 0 Å². The molecule has 4 aromatic carbocycles. The summed E-state index contributed by atoms with van der Waals surface area (Å²) in [4.78, 5) is 12.6. The number of anilines is 2. The van der Waals surface area contributed by atoms with Crippen LogP contribution >= 0.6 is 11.6 Å². The molecule has 1 unspecified atom stereocenters. The van der Waals surface area contributed by atoms with Crippen LogP contribution in [0.5, 0.6) is 0 Å². The van der Waals surface area contributed by atoms with Crippen LogP contribution in [0.3, 0.4) is 0 Å². The lowest BCUT2D eigenvalue weighted by Crippen LogP contribution is -2.46. The minimum absolute atomic E-state index is 0.187. The predicted octanol–water partition coefficient (Wildman–Crippen LogP) is 7.94. The Morgan fingerprint density at radius 2 is 1.56 bits per heavy atom. The Morgan fingerprint density at radius 1 is 0.795 bits per heavy atom. The van der Waals surface area contributed by atoms with Crippen molar-refractivity contribution >= 4 is 46.2 Å². The number of nitrogens with one attached hydrogen (secondary N) is 1. The monoisotopic (exact) mass is 528 g/mol. The highest BCUT2D eigenvalue weighted by Crippen LogP contribution is 2.48. The van der Waals surface area contributed by atoms with Gasteiger partial charge in [0.2, 0.25) is 0 Å². The van der Waals surface area contributed by atoms with Crippen molar-refractivity contribution in [1.29, 1.82) is 0 Å². The average molecular weight is 529 g/mol. The molecule has 2 aliphatic heterocycles. The highest BCUT2D eigenvalue weighted by atomic mass is 35.5. The van der Waals surface area contributed by atoms with E-state index < -0.39 is 0 Å². The molecule has 7 heteroatoms. The lowest BCUT2D eigenvalue weighted by Gasteiger charge is -2.40. The van der Waals surface area contributed by atoms with Gasteiger partial charge in [0, 0.05) is 16.3 Å². The smallest absolute Gasteiger partial charge is 0.179 e. The Kier molecular flexibility index (Phi) is 5.56. The number of fused-ring (bicyclic) bond motifs is 4. The first-order chi connectivity index (χ1) is 19.1. The molecule has 0 radical (unpaired) electrons. The maximum atomic E-state index is 6.33. The standard InChI is InChI=1S/C32H25ClN6/c1-20-9-8-10-24(19-20)34-30-32-36-31-28(21(2)37-39(31)25-11-4-3-5-12-25)29(22-15-17-23(33)18-16-22)38(32)27-14-7-6-13-26(27)35-30/h3-19,29H,1-2H3,(H,34,35). The Labute approximate surface area is 231 Å². The molecule has 0 spiro atoms.